The summed E-state index contributed by atoms with van der Waals surface area (Å²) in [5, 5.41) is 2.99. The highest BCUT2D eigenvalue weighted by Crippen LogP contribution is 2.19. The summed E-state index contributed by atoms with van der Waals surface area (Å²) in [6, 6.07) is 11.4. The number of hydrogen-bond donors (Lipinski definition) is 1. The number of pyridine rings is 1. The van der Waals surface area contributed by atoms with E-state index in [-0.39, 0.29) is 11.1 Å². The number of anilines is 1. The molecule has 0 bridgehead atoms. The van der Waals surface area contributed by atoms with Crippen LogP contribution in [0.3, 0.4) is 0 Å². The van der Waals surface area contributed by atoms with Crippen LogP contribution in [-0.2, 0) is 4.79 Å². The fourth-order valence-electron chi connectivity index (χ4n) is 1.55. The number of amides is 1. The highest BCUT2D eigenvalue weighted by atomic mass is 35.5. The van der Waals surface area contributed by atoms with Crippen LogP contribution in [0, 0.1) is 6.92 Å². The maximum atomic E-state index is 11.8. The number of aromatic nitrogens is 1. The zero-order chi connectivity index (χ0) is 13.7. The Labute approximate surface area is 116 Å². The Bertz CT molecular complexity index is 609. The van der Waals surface area contributed by atoms with Gasteiger partial charge < -0.3 is 5.32 Å². The first-order valence-corrected chi connectivity index (χ1v) is 6.19. The van der Waals surface area contributed by atoms with Crippen molar-refractivity contribution in [1.82, 2.24) is 4.98 Å². The van der Waals surface area contributed by atoms with Gasteiger partial charge in [0.25, 0.3) is 0 Å². The number of benzene rings is 1. The van der Waals surface area contributed by atoms with Crippen LogP contribution < -0.4 is 5.32 Å². The van der Waals surface area contributed by atoms with E-state index < -0.39 is 0 Å². The summed E-state index contributed by atoms with van der Waals surface area (Å²) in [4.78, 5) is 15.7. The van der Waals surface area contributed by atoms with Crippen molar-refractivity contribution in [3.05, 3.63) is 65.0 Å². The van der Waals surface area contributed by atoms with Gasteiger partial charge in [-0.1, -0.05) is 41.9 Å². The van der Waals surface area contributed by atoms with Crippen molar-refractivity contribution in [2.45, 2.75) is 6.92 Å². The summed E-state index contributed by atoms with van der Waals surface area (Å²) in [5.74, 6) is -0.238. The zero-order valence-corrected chi connectivity index (χ0v) is 11.2. The van der Waals surface area contributed by atoms with Crippen LogP contribution in [0.5, 0.6) is 0 Å². The van der Waals surface area contributed by atoms with E-state index in [0.29, 0.717) is 5.69 Å². The van der Waals surface area contributed by atoms with Gasteiger partial charge in [-0.05, 0) is 30.2 Å². The second kappa shape index (κ2) is 6.16. The SMILES string of the molecule is Cc1cnc(Cl)c(NC(=O)/C=C/c2ccccc2)c1. The molecule has 0 aliphatic carbocycles. The van der Waals surface area contributed by atoms with Crippen LogP contribution >= 0.6 is 11.6 Å². The minimum Gasteiger partial charge on any atom is -0.320 e. The van der Waals surface area contributed by atoms with Gasteiger partial charge in [0.05, 0.1) is 5.69 Å². The monoisotopic (exact) mass is 272 g/mol. The number of halogens is 1. The molecule has 1 heterocycles. The van der Waals surface area contributed by atoms with E-state index in [1.54, 1.807) is 18.3 Å². The summed E-state index contributed by atoms with van der Waals surface area (Å²) in [6.45, 7) is 1.89. The normalized spacial score (nSPS) is 10.6. The van der Waals surface area contributed by atoms with E-state index in [2.05, 4.69) is 10.3 Å². The smallest absolute Gasteiger partial charge is 0.248 e. The van der Waals surface area contributed by atoms with Gasteiger partial charge in [-0.2, -0.15) is 0 Å². The number of hydrogen-bond acceptors (Lipinski definition) is 2. The number of carbonyl (C=O) groups is 1. The molecule has 2 aromatic rings. The molecule has 0 fully saturated rings. The fraction of sp³-hybridized carbons (Fsp3) is 0.0667. The Morgan fingerprint density at radius 2 is 2.05 bits per heavy atom. The van der Waals surface area contributed by atoms with Gasteiger partial charge in [-0.15, -0.1) is 0 Å². The Morgan fingerprint density at radius 3 is 2.79 bits per heavy atom. The third-order valence-electron chi connectivity index (χ3n) is 2.46. The van der Waals surface area contributed by atoms with Gasteiger partial charge in [-0.3, -0.25) is 4.79 Å². The standard InChI is InChI=1S/C15H13ClN2O/c1-11-9-13(15(16)17-10-11)18-14(19)8-7-12-5-3-2-4-6-12/h2-10H,1H3,(H,18,19)/b8-7+. The van der Waals surface area contributed by atoms with E-state index in [9.17, 15) is 4.79 Å². The van der Waals surface area contributed by atoms with E-state index in [1.165, 1.54) is 6.08 Å². The first-order chi connectivity index (χ1) is 9.15. The van der Waals surface area contributed by atoms with Crippen molar-refractivity contribution in [2.75, 3.05) is 5.32 Å². The van der Waals surface area contributed by atoms with Gasteiger partial charge in [-0.25, -0.2) is 4.98 Å². The quantitative estimate of drug-likeness (QED) is 0.684. The summed E-state index contributed by atoms with van der Waals surface area (Å²) in [7, 11) is 0. The molecule has 0 saturated carbocycles. The van der Waals surface area contributed by atoms with E-state index in [0.717, 1.165) is 11.1 Å². The predicted molar refractivity (Wildman–Crippen MR) is 78.1 cm³/mol. The number of nitrogens with one attached hydrogen (secondary N) is 1. The Balaban J connectivity index is 2.06. The topological polar surface area (TPSA) is 42.0 Å². The van der Waals surface area contributed by atoms with E-state index in [4.69, 9.17) is 11.6 Å². The van der Waals surface area contributed by atoms with Crippen LogP contribution in [0.4, 0.5) is 5.69 Å². The van der Waals surface area contributed by atoms with Crippen molar-refractivity contribution in [3.8, 4) is 0 Å². The molecule has 0 unspecified atom stereocenters. The molecule has 1 amide bonds. The molecular formula is C15H13ClN2O. The predicted octanol–water partition coefficient (Wildman–Crippen LogP) is 3.70. The third kappa shape index (κ3) is 3.93. The van der Waals surface area contributed by atoms with Gasteiger partial charge in [0.2, 0.25) is 5.91 Å². The molecule has 1 aromatic carbocycles. The largest absolute Gasteiger partial charge is 0.320 e. The molecule has 0 aliphatic rings. The Kier molecular flexibility index (Phi) is 4.31. The summed E-state index contributed by atoms with van der Waals surface area (Å²) in [6.07, 6.45) is 4.86. The van der Waals surface area contributed by atoms with Gasteiger partial charge in [0.1, 0.15) is 0 Å². The van der Waals surface area contributed by atoms with E-state index >= 15 is 0 Å². The number of carbonyl (C=O) groups excluding carboxylic acids is 1. The lowest BCUT2D eigenvalue weighted by Gasteiger charge is -2.04. The van der Waals surface area contributed by atoms with Gasteiger partial charge in [0.15, 0.2) is 5.15 Å². The molecule has 19 heavy (non-hydrogen) atoms. The average Bonchev–Trinajstić information content (AvgIpc) is 2.42. The van der Waals surface area contributed by atoms with Crippen molar-refractivity contribution >= 4 is 29.3 Å². The molecule has 3 nitrogen and oxygen atoms in total. The number of aryl methyl sites for hydroxylation is 1. The first-order valence-electron chi connectivity index (χ1n) is 5.81. The van der Waals surface area contributed by atoms with Gasteiger partial charge >= 0.3 is 0 Å². The molecule has 96 valence electrons. The Hall–Kier alpha value is -2.13. The molecule has 2 rings (SSSR count). The Morgan fingerprint density at radius 1 is 1.32 bits per heavy atom. The minimum absolute atomic E-state index is 0.238. The fourth-order valence-corrected chi connectivity index (χ4v) is 1.70. The minimum atomic E-state index is -0.238. The lowest BCUT2D eigenvalue weighted by atomic mass is 10.2. The third-order valence-corrected chi connectivity index (χ3v) is 2.76. The van der Waals surface area contributed by atoms with Crippen molar-refractivity contribution < 1.29 is 4.79 Å². The van der Waals surface area contributed by atoms with Crippen LogP contribution in [0.25, 0.3) is 6.08 Å². The van der Waals surface area contributed by atoms with Crippen LogP contribution in [0.1, 0.15) is 11.1 Å². The maximum absolute atomic E-state index is 11.8. The second-order valence-electron chi connectivity index (χ2n) is 4.08. The van der Waals surface area contributed by atoms with Crippen molar-refractivity contribution in [1.29, 1.82) is 0 Å². The summed E-state index contributed by atoms with van der Waals surface area (Å²) in [5.41, 5.74) is 2.42. The molecule has 0 radical (unpaired) electrons. The van der Waals surface area contributed by atoms with Crippen LogP contribution in [0.2, 0.25) is 5.15 Å². The van der Waals surface area contributed by atoms with Crippen molar-refractivity contribution in [3.63, 3.8) is 0 Å². The van der Waals surface area contributed by atoms with Crippen LogP contribution in [0.15, 0.2) is 48.7 Å². The summed E-state index contributed by atoms with van der Waals surface area (Å²) < 4.78 is 0. The molecule has 1 aromatic heterocycles. The van der Waals surface area contributed by atoms with Gasteiger partial charge in [0, 0.05) is 12.3 Å². The molecule has 4 heteroatoms. The van der Waals surface area contributed by atoms with Crippen molar-refractivity contribution in [2.24, 2.45) is 0 Å². The first kappa shape index (κ1) is 13.3. The number of rotatable bonds is 3. The highest BCUT2D eigenvalue weighted by Gasteiger charge is 2.04. The molecule has 0 aliphatic heterocycles. The number of nitrogens with zero attached hydrogens (tertiary/aromatic N) is 1. The molecular weight excluding hydrogens is 260 g/mol. The lowest BCUT2D eigenvalue weighted by Crippen LogP contribution is -2.08. The molecule has 1 N–H and O–H groups in total. The maximum Gasteiger partial charge on any atom is 0.248 e. The lowest BCUT2D eigenvalue weighted by molar-refractivity contribution is -0.111. The van der Waals surface area contributed by atoms with E-state index in [1.807, 2.05) is 37.3 Å². The molecule has 0 spiro atoms. The zero-order valence-electron chi connectivity index (χ0n) is 10.4. The summed E-state index contributed by atoms with van der Waals surface area (Å²) >= 11 is 5.91. The van der Waals surface area contributed by atoms with Crippen LogP contribution in [-0.4, -0.2) is 10.9 Å². The second-order valence-corrected chi connectivity index (χ2v) is 4.44. The molecule has 0 saturated heterocycles. The molecule has 0 atom stereocenters. The average molecular weight is 273 g/mol. The highest BCUT2D eigenvalue weighted by molar-refractivity contribution is 6.32.